The molecule has 0 aliphatic rings. The summed E-state index contributed by atoms with van der Waals surface area (Å²) in [5.41, 5.74) is -0.604. The number of phenolic OH excluding ortho intramolecular Hbond substituents is 1. The van der Waals surface area contributed by atoms with Gasteiger partial charge < -0.3 is 19.7 Å². The van der Waals surface area contributed by atoms with Crippen molar-refractivity contribution >= 4 is 17.5 Å². The van der Waals surface area contributed by atoms with Crippen molar-refractivity contribution in [3.63, 3.8) is 0 Å². The van der Waals surface area contributed by atoms with Crippen LogP contribution in [0, 0.1) is 0 Å². The molecule has 0 unspecified atom stereocenters. The number of aliphatic carboxylic acids is 1. The smallest absolute Gasteiger partial charge is 0.339 e. The van der Waals surface area contributed by atoms with Gasteiger partial charge in [-0.2, -0.15) is 0 Å². The van der Waals surface area contributed by atoms with E-state index in [0.29, 0.717) is 0 Å². The number of carboxylic acid groups (broad SMARTS) is 1. The highest BCUT2D eigenvalue weighted by molar-refractivity contribution is 6.20. The Hall–Kier alpha value is -2.50. The number of carbonyl (C=O) groups excluding carboxylic acids is 1. The third kappa shape index (κ3) is 4.83. The van der Waals surface area contributed by atoms with Gasteiger partial charge in [0.15, 0.2) is 11.5 Å². The Morgan fingerprint density at radius 2 is 1.86 bits per heavy atom. The molecule has 21 heavy (non-hydrogen) atoms. The van der Waals surface area contributed by atoms with Crippen molar-refractivity contribution in [1.29, 1.82) is 0 Å². The van der Waals surface area contributed by atoms with Crippen molar-refractivity contribution in [3.8, 4) is 11.5 Å². The first-order valence-corrected chi connectivity index (χ1v) is 6.19. The van der Waals surface area contributed by atoms with Crippen LogP contribution in [0.2, 0.25) is 0 Å². The molecule has 0 radical (unpaired) electrons. The second kappa shape index (κ2) is 6.30. The summed E-state index contributed by atoms with van der Waals surface area (Å²) in [6, 6.07) is 4.10. The molecule has 0 fully saturated rings. The molecule has 0 atom stereocenters. The van der Waals surface area contributed by atoms with Crippen molar-refractivity contribution in [2.24, 2.45) is 0 Å². The van der Waals surface area contributed by atoms with Crippen molar-refractivity contribution < 1.29 is 29.3 Å². The topological polar surface area (TPSA) is 93.1 Å². The van der Waals surface area contributed by atoms with E-state index in [1.54, 1.807) is 20.8 Å². The predicted octanol–water partition coefficient (Wildman–Crippen LogP) is 2.21. The fourth-order valence-corrected chi connectivity index (χ4v) is 1.56. The van der Waals surface area contributed by atoms with Crippen LogP contribution in [-0.4, -0.2) is 34.9 Å². The summed E-state index contributed by atoms with van der Waals surface area (Å²) < 4.78 is 10.1. The maximum absolute atomic E-state index is 12.1. The molecular formula is C15H18O6. The van der Waals surface area contributed by atoms with Crippen molar-refractivity contribution in [2.45, 2.75) is 26.4 Å². The van der Waals surface area contributed by atoms with Crippen molar-refractivity contribution in [1.82, 2.24) is 0 Å². The van der Waals surface area contributed by atoms with Gasteiger partial charge in [0.2, 0.25) is 0 Å². The predicted molar refractivity (Wildman–Crippen MR) is 76.1 cm³/mol. The Balaban J connectivity index is 3.27. The van der Waals surface area contributed by atoms with Crippen molar-refractivity contribution in [2.75, 3.05) is 7.11 Å². The van der Waals surface area contributed by atoms with E-state index in [1.165, 1.54) is 25.3 Å². The maximum atomic E-state index is 12.1. The number of esters is 1. The summed E-state index contributed by atoms with van der Waals surface area (Å²) in [6.45, 7) is 5.04. The molecule has 2 N–H and O–H groups in total. The highest BCUT2D eigenvalue weighted by atomic mass is 16.6. The van der Waals surface area contributed by atoms with Gasteiger partial charge in [0.1, 0.15) is 5.60 Å². The molecule has 0 bridgehead atoms. The van der Waals surface area contributed by atoms with E-state index in [0.717, 1.165) is 6.08 Å². The molecule has 6 heteroatoms. The number of carbonyl (C=O) groups is 2. The van der Waals surface area contributed by atoms with Crippen LogP contribution in [-0.2, 0) is 14.3 Å². The summed E-state index contributed by atoms with van der Waals surface area (Å²) in [4.78, 5) is 23.0. The summed E-state index contributed by atoms with van der Waals surface area (Å²) in [5, 5.41) is 18.5. The Labute approximate surface area is 122 Å². The molecule has 114 valence electrons. The molecule has 1 aromatic carbocycles. The molecule has 1 rings (SSSR count). The molecule has 0 saturated heterocycles. The van der Waals surface area contributed by atoms with Gasteiger partial charge >= 0.3 is 11.9 Å². The van der Waals surface area contributed by atoms with Gasteiger partial charge in [-0.05, 0) is 38.5 Å². The fourth-order valence-electron chi connectivity index (χ4n) is 1.56. The molecule has 0 aliphatic carbocycles. The second-order valence-electron chi connectivity index (χ2n) is 5.28. The summed E-state index contributed by atoms with van der Waals surface area (Å²) in [7, 11) is 1.35. The number of aromatic hydroxyl groups is 1. The number of carboxylic acids is 1. The summed E-state index contributed by atoms with van der Waals surface area (Å²) >= 11 is 0. The number of methoxy groups -OCH3 is 1. The van der Waals surface area contributed by atoms with Gasteiger partial charge in [0.25, 0.3) is 0 Å². The standard InChI is InChI=1S/C15H18O6/c1-15(2,3)21-14(19)10(8-13(17)18)9-5-6-11(16)12(7-9)20-4/h5-8,16H,1-4H3,(H,17,18). The summed E-state index contributed by atoms with van der Waals surface area (Å²) in [5.74, 6) is -2.02. The van der Waals surface area contributed by atoms with Gasteiger partial charge in [0, 0.05) is 6.08 Å². The number of hydrogen-bond donors (Lipinski definition) is 2. The van der Waals surface area contributed by atoms with Crippen LogP contribution in [0.3, 0.4) is 0 Å². The number of phenols is 1. The molecule has 0 heterocycles. The van der Waals surface area contributed by atoms with Crippen LogP contribution >= 0.6 is 0 Å². The lowest BCUT2D eigenvalue weighted by Gasteiger charge is -2.20. The number of benzene rings is 1. The molecule has 0 spiro atoms. The lowest BCUT2D eigenvalue weighted by atomic mass is 10.0. The number of rotatable bonds is 4. The lowest BCUT2D eigenvalue weighted by molar-refractivity contribution is -0.147. The van der Waals surface area contributed by atoms with Gasteiger partial charge in [-0.25, -0.2) is 9.59 Å². The highest BCUT2D eigenvalue weighted by Gasteiger charge is 2.22. The highest BCUT2D eigenvalue weighted by Crippen LogP contribution is 2.30. The monoisotopic (exact) mass is 294 g/mol. The zero-order valence-electron chi connectivity index (χ0n) is 12.3. The molecule has 0 amide bonds. The SMILES string of the molecule is COc1cc(C(=CC(=O)O)C(=O)OC(C)(C)C)ccc1O. The van der Waals surface area contributed by atoms with Crippen LogP contribution in [0.25, 0.3) is 5.57 Å². The number of ether oxygens (including phenoxy) is 2. The van der Waals surface area contributed by atoms with Crippen LogP contribution in [0.1, 0.15) is 26.3 Å². The van der Waals surface area contributed by atoms with Crippen LogP contribution in [0.15, 0.2) is 24.3 Å². The van der Waals surface area contributed by atoms with E-state index in [9.17, 15) is 14.7 Å². The average Bonchev–Trinajstić information content (AvgIpc) is 2.34. The zero-order valence-corrected chi connectivity index (χ0v) is 12.3. The third-order valence-electron chi connectivity index (χ3n) is 2.38. The quantitative estimate of drug-likeness (QED) is 0.653. The second-order valence-corrected chi connectivity index (χ2v) is 5.28. The van der Waals surface area contributed by atoms with E-state index in [1.807, 2.05) is 0 Å². The van der Waals surface area contributed by atoms with E-state index in [4.69, 9.17) is 14.6 Å². The minimum absolute atomic E-state index is 0.111. The lowest BCUT2D eigenvalue weighted by Crippen LogP contribution is -2.24. The van der Waals surface area contributed by atoms with Crippen LogP contribution in [0.4, 0.5) is 0 Å². The Bertz CT molecular complexity index is 580. The Kier molecular flexibility index (Phi) is 4.97. The largest absolute Gasteiger partial charge is 0.504 e. The van der Waals surface area contributed by atoms with Gasteiger partial charge in [-0.1, -0.05) is 6.07 Å². The van der Waals surface area contributed by atoms with Crippen molar-refractivity contribution in [3.05, 3.63) is 29.8 Å². The van der Waals surface area contributed by atoms with Crippen LogP contribution in [0.5, 0.6) is 11.5 Å². The normalized spacial score (nSPS) is 11.9. The average molecular weight is 294 g/mol. The Morgan fingerprint density at radius 1 is 1.24 bits per heavy atom. The van der Waals surface area contributed by atoms with Crippen LogP contribution < -0.4 is 4.74 Å². The molecule has 0 aromatic heterocycles. The van der Waals surface area contributed by atoms with E-state index < -0.39 is 17.5 Å². The van der Waals surface area contributed by atoms with E-state index >= 15 is 0 Å². The minimum atomic E-state index is -1.28. The third-order valence-corrected chi connectivity index (χ3v) is 2.38. The minimum Gasteiger partial charge on any atom is -0.504 e. The zero-order chi connectivity index (χ0) is 16.2. The Morgan fingerprint density at radius 3 is 2.33 bits per heavy atom. The number of hydrogen-bond acceptors (Lipinski definition) is 5. The molecule has 0 saturated carbocycles. The van der Waals surface area contributed by atoms with Gasteiger partial charge in [-0.15, -0.1) is 0 Å². The first-order chi connectivity index (χ1) is 9.64. The molecule has 0 aliphatic heterocycles. The molecule has 6 nitrogen and oxygen atoms in total. The maximum Gasteiger partial charge on any atom is 0.339 e. The first-order valence-electron chi connectivity index (χ1n) is 6.19. The van der Waals surface area contributed by atoms with Gasteiger partial charge in [0.05, 0.1) is 12.7 Å². The fraction of sp³-hybridized carbons (Fsp3) is 0.333. The summed E-state index contributed by atoms with van der Waals surface area (Å²) in [6.07, 6.45) is 0.764. The van der Waals surface area contributed by atoms with E-state index in [2.05, 4.69) is 0 Å². The molecule has 1 aromatic rings. The molecular weight excluding hydrogens is 276 g/mol. The first kappa shape index (κ1) is 16.6. The van der Waals surface area contributed by atoms with E-state index in [-0.39, 0.29) is 22.6 Å². The van der Waals surface area contributed by atoms with Gasteiger partial charge in [-0.3, -0.25) is 0 Å².